The van der Waals surface area contributed by atoms with Crippen LogP contribution >= 0.6 is 0 Å². The minimum atomic E-state index is -0.995. The highest BCUT2D eigenvalue weighted by Gasteiger charge is 2.48. The molecule has 1 aromatic carbocycles. The maximum atomic E-state index is 15.3. The molecule has 9 nitrogen and oxygen atoms in total. The van der Waals surface area contributed by atoms with E-state index in [1.54, 1.807) is 0 Å². The first kappa shape index (κ1) is 22.0. The first-order valence-electron chi connectivity index (χ1n) is 11.8. The molecule has 3 aliphatic rings. The zero-order valence-electron chi connectivity index (χ0n) is 19.1. The summed E-state index contributed by atoms with van der Waals surface area (Å²) in [4.78, 5) is 22.3. The molecule has 2 unspecified atom stereocenters. The molecule has 2 saturated heterocycles. The first-order chi connectivity index (χ1) is 16.9. The third-order valence-electron chi connectivity index (χ3n) is 7.25. The second-order valence-electron chi connectivity index (χ2n) is 9.65. The van der Waals surface area contributed by atoms with Crippen LogP contribution < -0.4 is 15.8 Å². The second-order valence-corrected chi connectivity index (χ2v) is 9.65. The van der Waals surface area contributed by atoms with Crippen molar-refractivity contribution in [3.63, 3.8) is 0 Å². The van der Waals surface area contributed by atoms with Gasteiger partial charge in [0, 0.05) is 36.8 Å². The Bertz CT molecular complexity index is 1330. The number of halogens is 2. The molecule has 0 amide bonds. The lowest BCUT2D eigenvalue weighted by molar-refractivity contribution is 0.171. The Kier molecular flexibility index (Phi) is 5.24. The number of fused-ring (bicyclic) bond motifs is 2. The normalized spacial score (nSPS) is 25.6. The number of benzene rings is 1. The topological polar surface area (TPSA) is 109 Å². The Labute approximate surface area is 199 Å². The molecule has 0 radical (unpaired) electrons. The molecule has 3 fully saturated rings. The molecular weight excluding hydrogens is 456 g/mol. The van der Waals surface area contributed by atoms with Gasteiger partial charge in [-0.3, -0.25) is 4.79 Å². The number of nitrogens with zero attached hydrogens (tertiary/aromatic N) is 6. The van der Waals surface area contributed by atoms with Crippen LogP contribution in [-0.2, 0) is 7.05 Å². The Balaban J connectivity index is 1.29. The summed E-state index contributed by atoms with van der Waals surface area (Å²) in [6.45, 7) is 0. The van der Waals surface area contributed by atoms with Crippen molar-refractivity contribution in [1.82, 2.24) is 30.0 Å². The number of phenols is 1. The highest BCUT2D eigenvalue weighted by molar-refractivity contribution is 5.71. The predicted molar refractivity (Wildman–Crippen MR) is 124 cm³/mol. The number of anilines is 1. The quantitative estimate of drug-likeness (QED) is 0.572. The molecule has 11 heteroatoms. The Morgan fingerprint density at radius 3 is 2.66 bits per heavy atom. The Hall–Kier alpha value is -3.47. The number of aryl methyl sites for hydroxylation is 1. The van der Waals surface area contributed by atoms with E-state index in [0.717, 1.165) is 31.7 Å². The number of hydrogen-bond acceptors (Lipinski definition) is 8. The fraction of sp³-hybridized carbons (Fsp3) is 0.458. The van der Waals surface area contributed by atoms with Gasteiger partial charge in [0.2, 0.25) is 0 Å². The van der Waals surface area contributed by atoms with Crippen LogP contribution in [0.3, 0.4) is 0 Å². The minimum absolute atomic E-state index is 0.0111. The van der Waals surface area contributed by atoms with Crippen molar-refractivity contribution in [2.75, 3.05) is 4.90 Å². The highest BCUT2D eigenvalue weighted by atomic mass is 19.1. The van der Waals surface area contributed by atoms with E-state index in [2.05, 4.69) is 25.5 Å². The van der Waals surface area contributed by atoms with Gasteiger partial charge in [-0.15, -0.1) is 10.2 Å². The molecule has 4 heterocycles. The summed E-state index contributed by atoms with van der Waals surface area (Å²) in [5.41, 5.74) is -0.185. The molecular formula is C24H25F2N7O2. The molecule has 2 aliphatic heterocycles. The van der Waals surface area contributed by atoms with Gasteiger partial charge in [0.05, 0.1) is 29.8 Å². The Morgan fingerprint density at radius 2 is 1.94 bits per heavy atom. The van der Waals surface area contributed by atoms with E-state index in [1.807, 2.05) is 4.90 Å². The number of aromatic hydroxyl groups is 1. The number of hydrogen-bond donors (Lipinski definition) is 2. The standard InChI is InChI=1S/C24H25F2N7O2/c1-32-11-28-18(9-22(32)35)14-8-20(34)15(7-16(14)25)24-27-10-21(30-31-24)33(13-3-4-13)19-6-12-2-5-17(29-12)23(19)26/h7-13,17,19,23,29,34H,2-6H2,1H3/t12-,17+,19?,23?/m1/s1. The molecule has 4 atom stereocenters. The van der Waals surface area contributed by atoms with Gasteiger partial charge < -0.3 is 19.9 Å². The van der Waals surface area contributed by atoms with E-state index in [-0.39, 0.29) is 52.1 Å². The van der Waals surface area contributed by atoms with Crippen molar-refractivity contribution in [1.29, 1.82) is 0 Å². The van der Waals surface area contributed by atoms with Crippen LogP contribution in [0.2, 0.25) is 0 Å². The minimum Gasteiger partial charge on any atom is -0.507 e. The number of phenolic OH excluding ortho intramolecular Hbond substituents is 1. The zero-order valence-corrected chi connectivity index (χ0v) is 19.1. The van der Waals surface area contributed by atoms with Crippen LogP contribution in [0.15, 0.2) is 35.5 Å². The molecule has 1 saturated carbocycles. The van der Waals surface area contributed by atoms with Crippen molar-refractivity contribution in [3.8, 4) is 28.4 Å². The summed E-state index contributed by atoms with van der Waals surface area (Å²) < 4.78 is 31.5. The monoisotopic (exact) mass is 481 g/mol. The average molecular weight is 482 g/mol. The molecule has 1 aliphatic carbocycles. The van der Waals surface area contributed by atoms with Crippen LogP contribution in [0.1, 0.15) is 32.1 Å². The van der Waals surface area contributed by atoms with Gasteiger partial charge >= 0.3 is 0 Å². The molecule has 2 bridgehead atoms. The number of alkyl halides is 1. The number of piperidine rings is 1. The van der Waals surface area contributed by atoms with Crippen LogP contribution in [0.25, 0.3) is 22.6 Å². The molecule has 35 heavy (non-hydrogen) atoms. The summed E-state index contributed by atoms with van der Waals surface area (Å²) in [7, 11) is 1.54. The summed E-state index contributed by atoms with van der Waals surface area (Å²) in [6.07, 6.45) is 6.29. The third-order valence-corrected chi connectivity index (χ3v) is 7.25. The smallest absolute Gasteiger partial charge is 0.253 e. The van der Waals surface area contributed by atoms with Crippen molar-refractivity contribution >= 4 is 5.82 Å². The van der Waals surface area contributed by atoms with Crippen molar-refractivity contribution in [2.24, 2.45) is 7.05 Å². The van der Waals surface area contributed by atoms with Gasteiger partial charge in [0.1, 0.15) is 17.7 Å². The fourth-order valence-corrected chi connectivity index (χ4v) is 5.28. The van der Waals surface area contributed by atoms with Gasteiger partial charge in [0.15, 0.2) is 11.6 Å². The molecule has 182 valence electrons. The molecule has 2 aromatic heterocycles. The van der Waals surface area contributed by atoms with Crippen LogP contribution in [0, 0.1) is 5.82 Å². The summed E-state index contributed by atoms with van der Waals surface area (Å²) in [5, 5.41) is 22.4. The molecule has 0 spiro atoms. The van der Waals surface area contributed by atoms with E-state index < -0.39 is 12.0 Å². The number of nitrogens with one attached hydrogen (secondary N) is 1. The molecule has 3 aromatic rings. The molecule has 2 N–H and O–H groups in total. The van der Waals surface area contributed by atoms with E-state index in [1.165, 1.54) is 36.3 Å². The van der Waals surface area contributed by atoms with Crippen LogP contribution in [0.4, 0.5) is 14.6 Å². The highest BCUT2D eigenvalue weighted by Crippen LogP contribution is 2.40. The van der Waals surface area contributed by atoms with Gasteiger partial charge in [-0.1, -0.05) is 0 Å². The van der Waals surface area contributed by atoms with E-state index >= 15 is 4.39 Å². The van der Waals surface area contributed by atoms with E-state index in [0.29, 0.717) is 18.3 Å². The van der Waals surface area contributed by atoms with Gasteiger partial charge in [0.25, 0.3) is 5.56 Å². The largest absolute Gasteiger partial charge is 0.507 e. The van der Waals surface area contributed by atoms with Crippen molar-refractivity contribution in [2.45, 2.75) is 62.4 Å². The fourth-order valence-electron chi connectivity index (χ4n) is 5.28. The molecule has 6 rings (SSSR count). The van der Waals surface area contributed by atoms with Crippen molar-refractivity contribution in [3.05, 3.63) is 46.9 Å². The van der Waals surface area contributed by atoms with Crippen LogP contribution in [-0.4, -0.2) is 60.2 Å². The van der Waals surface area contributed by atoms with E-state index in [9.17, 15) is 14.3 Å². The van der Waals surface area contributed by atoms with Gasteiger partial charge in [-0.2, -0.15) is 0 Å². The van der Waals surface area contributed by atoms with Gasteiger partial charge in [-0.05, 0) is 44.2 Å². The summed E-state index contributed by atoms with van der Waals surface area (Å²) in [6, 6.07) is 3.62. The number of aromatic nitrogens is 5. The third kappa shape index (κ3) is 3.93. The lowest BCUT2D eigenvalue weighted by Crippen LogP contribution is -2.57. The maximum absolute atomic E-state index is 15.3. The summed E-state index contributed by atoms with van der Waals surface area (Å²) >= 11 is 0. The zero-order chi connectivity index (χ0) is 24.3. The summed E-state index contributed by atoms with van der Waals surface area (Å²) in [5.74, 6) is -0.412. The number of rotatable bonds is 5. The lowest BCUT2D eigenvalue weighted by Gasteiger charge is -2.40. The van der Waals surface area contributed by atoms with Crippen LogP contribution in [0.5, 0.6) is 5.75 Å². The lowest BCUT2D eigenvalue weighted by atomic mass is 9.96. The SMILES string of the molecule is Cn1cnc(-c2cc(O)c(-c3ncc(N(C4CC4)C4C[C@H]5CC[C@H](N5)C4F)nn3)cc2F)cc1=O. The maximum Gasteiger partial charge on any atom is 0.253 e. The van der Waals surface area contributed by atoms with Gasteiger partial charge in [-0.25, -0.2) is 18.7 Å². The predicted octanol–water partition coefficient (Wildman–Crippen LogP) is 2.34. The first-order valence-corrected chi connectivity index (χ1v) is 11.8. The second kappa shape index (κ2) is 8.33. The van der Waals surface area contributed by atoms with E-state index in [4.69, 9.17) is 0 Å². The Morgan fingerprint density at radius 1 is 1.11 bits per heavy atom. The van der Waals surface area contributed by atoms with Crippen molar-refractivity contribution < 1.29 is 13.9 Å². The average Bonchev–Trinajstić information content (AvgIpc) is 3.60.